The number of hydrogen-bond acceptors (Lipinski definition) is 6. The van der Waals surface area contributed by atoms with Gasteiger partial charge in [0.2, 0.25) is 15.9 Å². The van der Waals surface area contributed by atoms with Gasteiger partial charge in [-0.2, -0.15) is 0 Å². The number of benzene rings is 2. The molecule has 1 unspecified atom stereocenters. The van der Waals surface area contributed by atoms with Crippen molar-refractivity contribution in [3.8, 4) is 22.8 Å². The Morgan fingerprint density at radius 3 is 2.67 bits per heavy atom. The summed E-state index contributed by atoms with van der Waals surface area (Å²) < 4.78 is 39.6. The van der Waals surface area contributed by atoms with Crippen molar-refractivity contribution in [1.29, 1.82) is 0 Å². The van der Waals surface area contributed by atoms with Gasteiger partial charge in [0.15, 0.2) is 6.61 Å². The van der Waals surface area contributed by atoms with Crippen molar-refractivity contribution in [2.24, 2.45) is 0 Å². The summed E-state index contributed by atoms with van der Waals surface area (Å²) in [6.45, 7) is -0.442. The highest BCUT2D eigenvalue weighted by molar-refractivity contribution is 7.89. The van der Waals surface area contributed by atoms with Gasteiger partial charge < -0.3 is 14.6 Å². The van der Waals surface area contributed by atoms with Crippen molar-refractivity contribution in [2.75, 3.05) is 13.7 Å². The molecule has 1 aromatic heterocycles. The summed E-state index contributed by atoms with van der Waals surface area (Å²) in [6.07, 6.45) is 3.74. The average Bonchev–Trinajstić information content (AvgIpc) is 2.83. The van der Waals surface area contributed by atoms with Crippen LogP contribution in [-0.2, 0) is 21.2 Å². The van der Waals surface area contributed by atoms with Crippen molar-refractivity contribution in [3.63, 3.8) is 0 Å². The number of aliphatic carboxylic acids is 1. The molecule has 1 atom stereocenters. The second-order valence-corrected chi connectivity index (χ2v) is 9.40. The molecular weight excluding hydrogens is 444 g/mol. The standard InChI is InChI=1S/C24H24N2O6S/c1-31-23-14-17(12-13-25-23)16-8-10-18(11-9-16)33(29,30)26-21-6-2-5-20-19(21)4-3-7-22(20)32-15-24(27)28/h3-4,7-14,21,26H,2,5-6,15H2,1H3,(H,27,28). The highest BCUT2D eigenvalue weighted by atomic mass is 32.2. The monoisotopic (exact) mass is 468 g/mol. The van der Waals surface area contributed by atoms with Gasteiger partial charge in [-0.3, -0.25) is 0 Å². The van der Waals surface area contributed by atoms with Gasteiger partial charge in [0, 0.05) is 18.3 Å². The fourth-order valence-electron chi connectivity index (χ4n) is 3.99. The average molecular weight is 469 g/mol. The quantitative estimate of drug-likeness (QED) is 0.519. The van der Waals surface area contributed by atoms with Gasteiger partial charge in [-0.15, -0.1) is 0 Å². The molecule has 3 aromatic rings. The Kier molecular flexibility index (Phi) is 6.62. The third-order valence-corrected chi connectivity index (χ3v) is 7.04. The van der Waals surface area contributed by atoms with Crippen molar-refractivity contribution in [2.45, 2.75) is 30.2 Å². The zero-order chi connectivity index (χ0) is 23.4. The Bertz CT molecular complexity index is 1260. The van der Waals surface area contributed by atoms with Crippen LogP contribution in [0.2, 0.25) is 0 Å². The molecule has 33 heavy (non-hydrogen) atoms. The molecule has 0 spiro atoms. The summed E-state index contributed by atoms with van der Waals surface area (Å²) in [5.74, 6) is -0.0983. The molecule has 0 saturated heterocycles. The number of carboxylic acid groups (broad SMARTS) is 1. The van der Waals surface area contributed by atoms with Crippen molar-refractivity contribution in [3.05, 3.63) is 71.9 Å². The van der Waals surface area contributed by atoms with Crippen molar-refractivity contribution in [1.82, 2.24) is 9.71 Å². The Morgan fingerprint density at radius 1 is 1.15 bits per heavy atom. The zero-order valence-corrected chi connectivity index (χ0v) is 18.8. The molecule has 0 aliphatic heterocycles. The third-order valence-electron chi connectivity index (χ3n) is 5.55. The molecule has 1 aliphatic carbocycles. The van der Waals surface area contributed by atoms with E-state index in [0.717, 1.165) is 28.7 Å². The Labute approximate surface area is 192 Å². The molecule has 8 nitrogen and oxygen atoms in total. The highest BCUT2D eigenvalue weighted by Crippen LogP contribution is 2.36. The molecule has 172 valence electrons. The summed E-state index contributed by atoms with van der Waals surface area (Å²) in [7, 11) is -2.24. The molecule has 4 rings (SSSR count). The molecule has 0 fully saturated rings. The van der Waals surface area contributed by atoms with E-state index in [0.29, 0.717) is 24.5 Å². The number of carboxylic acids is 1. The molecule has 2 N–H and O–H groups in total. The van der Waals surface area contributed by atoms with Crippen LogP contribution in [0.5, 0.6) is 11.6 Å². The summed E-state index contributed by atoms with van der Waals surface area (Å²) in [6, 6.07) is 15.1. The second-order valence-electron chi connectivity index (χ2n) is 7.68. The van der Waals surface area contributed by atoms with Crippen LogP contribution in [0.4, 0.5) is 0 Å². The van der Waals surface area contributed by atoms with Crippen LogP contribution in [-0.4, -0.2) is 38.2 Å². The first-order chi connectivity index (χ1) is 15.9. The molecule has 1 heterocycles. The fourth-order valence-corrected chi connectivity index (χ4v) is 5.24. The number of nitrogens with one attached hydrogen (secondary N) is 1. The maximum atomic E-state index is 13.1. The van der Waals surface area contributed by atoms with E-state index in [1.54, 1.807) is 48.7 Å². The fraction of sp³-hybridized carbons (Fsp3) is 0.250. The molecule has 0 amide bonds. The lowest BCUT2D eigenvalue weighted by molar-refractivity contribution is -0.139. The molecule has 0 radical (unpaired) electrons. The lowest BCUT2D eigenvalue weighted by Crippen LogP contribution is -2.31. The van der Waals surface area contributed by atoms with Crippen LogP contribution in [0.3, 0.4) is 0 Å². The number of pyridine rings is 1. The minimum atomic E-state index is -3.77. The molecule has 9 heteroatoms. The van der Waals surface area contributed by atoms with Crippen LogP contribution in [0.25, 0.3) is 11.1 Å². The Balaban J connectivity index is 1.55. The van der Waals surface area contributed by atoms with Crippen molar-refractivity contribution < 1.29 is 27.8 Å². The normalized spacial score (nSPS) is 15.5. The van der Waals surface area contributed by atoms with E-state index in [1.165, 1.54) is 7.11 Å². The first kappa shape index (κ1) is 22.8. The maximum Gasteiger partial charge on any atom is 0.341 e. The minimum absolute atomic E-state index is 0.165. The van der Waals surface area contributed by atoms with Crippen molar-refractivity contribution >= 4 is 16.0 Å². The summed E-state index contributed by atoms with van der Waals surface area (Å²) in [5.41, 5.74) is 3.37. The number of nitrogens with zero attached hydrogens (tertiary/aromatic N) is 1. The van der Waals surface area contributed by atoms with E-state index >= 15 is 0 Å². The van der Waals surface area contributed by atoms with Crippen LogP contribution >= 0.6 is 0 Å². The van der Waals surface area contributed by atoms with E-state index in [-0.39, 0.29) is 4.90 Å². The predicted molar refractivity (Wildman–Crippen MR) is 122 cm³/mol. The molecule has 0 bridgehead atoms. The molecular formula is C24H24N2O6S. The van der Waals surface area contributed by atoms with Gasteiger partial charge in [-0.05, 0) is 65.8 Å². The van der Waals surface area contributed by atoms with Crippen LogP contribution in [0.1, 0.15) is 30.0 Å². The van der Waals surface area contributed by atoms with E-state index in [4.69, 9.17) is 14.6 Å². The van der Waals surface area contributed by atoms with E-state index in [9.17, 15) is 13.2 Å². The largest absolute Gasteiger partial charge is 0.482 e. The molecule has 0 saturated carbocycles. The lowest BCUT2D eigenvalue weighted by atomic mass is 9.87. The van der Waals surface area contributed by atoms with Crippen LogP contribution in [0, 0.1) is 0 Å². The van der Waals surface area contributed by atoms with Gasteiger partial charge in [0.25, 0.3) is 0 Å². The topological polar surface area (TPSA) is 115 Å². The number of rotatable bonds is 8. The number of ether oxygens (including phenoxy) is 2. The summed E-state index contributed by atoms with van der Waals surface area (Å²) >= 11 is 0. The Morgan fingerprint density at radius 2 is 1.94 bits per heavy atom. The van der Waals surface area contributed by atoms with Gasteiger partial charge in [-0.25, -0.2) is 22.9 Å². The highest BCUT2D eigenvalue weighted by Gasteiger charge is 2.27. The van der Waals surface area contributed by atoms with E-state index in [2.05, 4.69) is 9.71 Å². The van der Waals surface area contributed by atoms with Gasteiger partial charge in [0.1, 0.15) is 5.75 Å². The van der Waals surface area contributed by atoms with Gasteiger partial charge in [0.05, 0.1) is 12.0 Å². The number of carbonyl (C=O) groups is 1. The molecule has 2 aromatic carbocycles. The first-order valence-electron chi connectivity index (χ1n) is 10.5. The second kappa shape index (κ2) is 9.60. The maximum absolute atomic E-state index is 13.1. The van der Waals surface area contributed by atoms with Gasteiger partial charge >= 0.3 is 5.97 Å². The number of aromatic nitrogens is 1. The van der Waals surface area contributed by atoms with Crippen LogP contribution in [0.15, 0.2) is 65.7 Å². The summed E-state index contributed by atoms with van der Waals surface area (Å²) in [4.78, 5) is 15.1. The number of hydrogen-bond donors (Lipinski definition) is 2. The Hall–Kier alpha value is -3.43. The molecule has 1 aliphatic rings. The number of fused-ring (bicyclic) bond motifs is 1. The smallest absolute Gasteiger partial charge is 0.341 e. The predicted octanol–water partition coefficient (Wildman–Crippen LogP) is 3.58. The van der Waals surface area contributed by atoms with Gasteiger partial charge in [-0.1, -0.05) is 24.3 Å². The third kappa shape index (κ3) is 5.15. The first-order valence-corrected chi connectivity index (χ1v) is 11.9. The number of sulfonamides is 1. The zero-order valence-electron chi connectivity index (χ0n) is 18.0. The SMILES string of the molecule is COc1cc(-c2ccc(S(=O)(=O)NC3CCCc4c(OCC(=O)O)cccc43)cc2)ccn1. The lowest BCUT2D eigenvalue weighted by Gasteiger charge is -2.27. The van der Waals surface area contributed by atoms with E-state index in [1.807, 2.05) is 12.1 Å². The minimum Gasteiger partial charge on any atom is -0.482 e. The number of methoxy groups -OCH3 is 1. The van der Waals surface area contributed by atoms with E-state index < -0.39 is 28.6 Å². The summed E-state index contributed by atoms with van der Waals surface area (Å²) in [5, 5.41) is 8.90. The van der Waals surface area contributed by atoms with Crippen LogP contribution < -0.4 is 14.2 Å².